The number of hydrogen-bond acceptors (Lipinski definition) is 4. The summed E-state index contributed by atoms with van der Waals surface area (Å²) in [7, 11) is 0. The zero-order valence-electron chi connectivity index (χ0n) is 10.4. The minimum absolute atomic E-state index is 0.0921. The van der Waals surface area contributed by atoms with Crippen molar-refractivity contribution in [1.29, 1.82) is 0 Å². The van der Waals surface area contributed by atoms with Crippen molar-refractivity contribution in [3.05, 3.63) is 23.8 Å². The lowest BCUT2D eigenvalue weighted by molar-refractivity contribution is -0.286. The molecule has 1 aromatic rings. The van der Waals surface area contributed by atoms with E-state index >= 15 is 0 Å². The van der Waals surface area contributed by atoms with Crippen molar-refractivity contribution in [3.63, 3.8) is 0 Å². The minimum atomic E-state index is -3.54. The summed E-state index contributed by atoms with van der Waals surface area (Å²) in [6.07, 6.45) is -1.59. The number of fused-ring (bicyclic) bond motifs is 1. The van der Waals surface area contributed by atoms with Gasteiger partial charge < -0.3 is 15.2 Å². The standard InChI is InChI=1S/C13H16F2N2O2/c14-13(15)18-11-2-1-9(7-12(11)19-13)8-17-5-3-10(16)4-6-17/h1-2,7,10H,3-6,8,16H2. The lowest BCUT2D eigenvalue weighted by atomic mass is 10.1. The molecule has 0 atom stereocenters. The maximum Gasteiger partial charge on any atom is 0.586 e. The summed E-state index contributed by atoms with van der Waals surface area (Å²) in [5.41, 5.74) is 6.79. The third kappa shape index (κ3) is 2.79. The monoisotopic (exact) mass is 270 g/mol. The van der Waals surface area contributed by atoms with Gasteiger partial charge in [-0.1, -0.05) is 6.07 Å². The number of alkyl halides is 2. The van der Waals surface area contributed by atoms with Crippen LogP contribution < -0.4 is 15.2 Å². The molecule has 1 fully saturated rings. The van der Waals surface area contributed by atoms with Gasteiger partial charge in [-0.05, 0) is 43.6 Å². The Morgan fingerprint density at radius 2 is 1.89 bits per heavy atom. The molecule has 0 spiro atoms. The lowest BCUT2D eigenvalue weighted by Gasteiger charge is -2.30. The first-order chi connectivity index (χ1) is 9.02. The van der Waals surface area contributed by atoms with Gasteiger partial charge in [0, 0.05) is 12.6 Å². The van der Waals surface area contributed by atoms with Gasteiger partial charge in [0.25, 0.3) is 0 Å². The Balaban J connectivity index is 1.67. The predicted octanol–water partition coefficient (Wildman–Crippen LogP) is 1.93. The van der Waals surface area contributed by atoms with E-state index in [0.29, 0.717) is 0 Å². The lowest BCUT2D eigenvalue weighted by Crippen LogP contribution is -2.39. The number of nitrogens with two attached hydrogens (primary N) is 1. The van der Waals surface area contributed by atoms with E-state index < -0.39 is 6.29 Å². The van der Waals surface area contributed by atoms with Crippen LogP contribution in [0.25, 0.3) is 0 Å². The van der Waals surface area contributed by atoms with Crippen molar-refractivity contribution in [2.45, 2.75) is 31.7 Å². The maximum atomic E-state index is 12.9. The Labute approximate surface area is 110 Å². The van der Waals surface area contributed by atoms with Gasteiger partial charge >= 0.3 is 6.29 Å². The summed E-state index contributed by atoms with van der Waals surface area (Å²) in [4.78, 5) is 2.26. The van der Waals surface area contributed by atoms with Gasteiger partial charge in [-0.2, -0.15) is 0 Å². The fourth-order valence-corrected chi connectivity index (χ4v) is 2.46. The molecule has 0 radical (unpaired) electrons. The zero-order chi connectivity index (χ0) is 13.5. The third-order valence-corrected chi connectivity index (χ3v) is 3.50. The number of ether oxygens (including phenoxy) is 2. The molecule has 1 saturated heterocycles. The molecule has 2 heterocycles. The van der Waals surface area contributed by atoms with Gasteiger partial charge in [-0.3, -0.25) is 4.90 Å². The number of piperidine rings is 1. The van der Waals surface area contributed by atoms with Crippen molar-refractivity contribution in [3.8, 4) is 11.5 Å². The summed E-state index contributed by atoms with van der Waals surface area (Å²) >= 11 is 0. The fraction of sp³-hybridized carbons (Fsp3) is 0.538. The molecule has 0 unspecified atom stereocenters. The Morgan fingerprint density at radius 3 is 2.63 bits per heavy atom. The van der Waals surface area contributed by atoms with E-state index in [1.807, 2.05) is 0 Å². The number of likely N-dealkylation sites (tertiary alicyclic amines) is 1. The van der Waals surface area contributed by atoms with Crippen molar-refractivity contribution in [2.24, 2.45) is 5.73 Å². The highest BCUT2D eigenvalue weighted by Gasteiger charge is 2.43. The number of hydrogen-bond donors (Lipinski definition) is 1. The molecule has 0 saturated carbocycles. The second-order valence-electron chi connectivity index (χ2n) is 5.06. The molecule has 6 heteroatoms. The summed E-state index contributed by atoms with van der Waals surface area (Å²) in [5, 5.41) is 0. The van der Waals surface area contributed by atoms with Crippen LogP contribution in [0.1, 0.15) is 18.4 Å². The first kappa shape index (κ1) is 12.6. The SMILES string of the molecule is NC1CCN(Cc2ccc3c(c2)OC(F)(F)O3)CC1. The maximum absolute atomic E-state index is 12.9. The molecule has 4 nitrogen and oxygen atoms in total. The summed E-state index contributed by atoms with van der Waals surface area (Å²) in [6, 6.07) is 5.22. The van der Waals surface area contributed by atoms with Crippen LogP contribution in [0.2, 0.25) is 0 Å². The molecular weight excluding hydrogens is 254 g/mol. The Morgan fingerprint density at radius 1 is 1.21 bits per heavy atom. The summed E-state index contributed by atoms with van der Waals surface area (Å²) in [5.74, 6) is 0.200. The summed E-state index contributed by atoms with van der Waals surface area (Å²) < 4.78 is 34.6. The molecule has 0 aliphatic carbocycles. The molecule has 2 aliphatic rings. The van der Waals surface area contributed by atoms with Crippen molar-refractivity contribution in [2.75, 3.05) is 13.1 Å². The van der Waals surface area contributed by atoms with Crippen molar-refractivity contribution in [1.82, 2.24) is 4.90 Å². The quantitative estimate of drug-likeness (QED) is 0.892. The molecule has 1 aromatic carbocycles. The predicted molar refractivity (Wildman–Crippen MR) is 65.1 cm³/mol. The molecule has 104 valence electrons. The average Bonchev–Trinajstić information content (AvgIpc) is 2.65. The molecule has 0 amide bonds. The molecule has 0 bridgehead atoms. The second-order valence-corrected chi connectivity index (χ2v) is 5.06. The Bertz CT molecular complexity index is 474. The normalized spacial score (nSPS) is 22.7. The highest BCUT2D eigenvalue weighted by Crippen LogP contribution is 2.41. The average molecular weight is 270 g/mol. The molecular formula is C13H16F2N2O2. The van der Waals surface area contributed by atoms with E-state index in [1.165, 1.54) is 6.07 Å². The molecule has 0 aromatic heterocycles. The Kier molecular flexibility index (Phi) is 3.06. The number of nitrogens with zero attached hydrogens (tertiary/aromatic N) is 1. The van der Waals surface area contributed by atoms with E-state index in [0.717, 1.165) is 38.0 Å². The van der Waals surface area contributed by atoms with E-state index in [-0.39, 0.29) is 17.5 Å². The first-order valence-corrected chi connectivity index (χ1v) is 6.38. The van der Waals surface area contributed by atoms with Crippen LogP contribution >= 0.6 is 0 Å². The molecule has 3 rings (SSSR count). The fourth-order valence-electron chi connectivity index (χ4n) is 2.46. The van der Waals surface area contributed by atoms with E-state index in [2.05, 4.69) is 14.4 Å². The number of rotatable bonds is 2. The van der Waals surface area contributed by atoms with Crippen LogP contribution in [0.5, 0.6) is 11.5 Å². The topological polar surface area (TPSA) is 47.7 Å². The van der Waals surface area contributed by atoms with Crippen LogP contribution in [0.4, 0.5) is 8.78 Å². The smallest absolute Gasteiger partial charge is 0.395 e. The van der Waals surface area contributed by atoms with E-state index in [4.69, 9.17) is 5.73 Å². The van der Waals surface area contributed by atoms with Crippen LogP contribution in [0, 0.1) is 0 Å². The third-order valence-electron chi connectivity index (χ3n) is 3.50. The summed E-state index contributed by atoms with van der Waals surface area (Å²) in [6.45, 7) is 2.59. The molecule has 2 aliphatic heterocycles. The van der Waals surface area contributed by atoms with Crippen LogP contribution in [0.3, 0.4) is 0 Å². The largest absolute Gasteiger partial charge is 0.586 e. The zero-order valence-corrected chi connectivity index (χ0v) is 10.4. The second kappa shape index (κ2) is 4.61. The van der Waals surface area contributed by atoms with Gasteiger partial charge in [0.1, 0.15) is 0 Å². The van der Waals surface area contributed by atoms with Gasteiger partial charge in [-0.25, -0.2) is 0 Å². The van der Waals surface area contributed by atoms with E-state index in [9.17, 15) is 8.78 Å². The highest BCUT2D eigenvalue weighted by molar-refractivity contribution is 5.45. The number of halogens is 2. The number of benzene rings is 1. The molecule has 2 N–H and O–H groups in total. The van der Waals surface area contributed by atoms with Gasteiger partial charge in [0.15, 0.2) is 11.5 Å². The highest BCUT2D eigenvalue weighted by atomic mass is 19.3. The van der Waals surface area contributed by atoms with Crippen LogP contribution in [0.15, 0.2) is 18.2 Å². The van der Waals surface area contributed by atoms with Crippen LogP contribution in [-0.2, 0) is 6.54 Å². The Hall–Kier alpha value is -1.40. The van der Waals surface area contributed by atoms with Gasteiger partial charge in [-0.15, -0.1) is 8.78 Å². The first-order valence-electron chi connectivity index (χ1n) is 6.38. The van der Waals surface area contributed by atoms with Crippen molar-refractivity contribution >= 4 is 0 Å². The molecule has 19 heavy (non-hydrogen) atoms. The van der Waals surface area contributed by atoms with Crippen molar-refractivity contribution < 1.29 is 18.3 Å². The van der Waals surface area contributed by atoms with Gasteiger partial charge in [0.05, 0.1) is 0 Å². The van der Waals surface area contributed by atoms with Crippen LogP contribution in [-0.4, -0.2) is 30.3 Å². The minimum Gasteiger partial charge on any atom is -0.395 e. The van der Waals surface area contributed by atoms with E-state index in [1.54, 1.807) is 12.1 Å². The van der Waals surface area contributed by atoms with Gasteiger partial charge in [0.2, 0.25) is 0 Å².